The summed E-state index contributed by atoms with van der Waals surface area (Å²) in [6.07, 6.45) is 0.676. The second-order valence-corrected chi connectivity index (χ2v) is 11.3. The van der Waals surface area contributed by atoms with E-state index in [1.165, 1.54) is 0 Å². The molecule has 3 aliphatic carbocycles. The smallest absolute Gasteiger partial charge is 0.219 e. The molecule has 1 fully saturated rings. The maximum Gasteiger partial charge on any atom is 0.219 e. The Labute approximate surface area is 230 Å². The molecule has 208 valence electrons. The van der Waals surface area contributed by atoms with Crippen LogP contribution in [0.25, 0.3) is 0 Å². The number of halogens is 1. The zero-order valence-corrected chi connectivity index (χ0v) is 22.9. The van der Waals surface area contributed by atoms with E-state index in [1.54, 1.807) is 13.8 Å². The highest BCUT2D eigenvalue weighted by Crippen LogP contribution is 2.60. The van der Waals surface area contributed by atoms with Crippen molar-refractivity contribution in [2.75, 3.05) is 19.8 Å². The normalized spacial score (nSPS) is 27.2. The maximum atomic E-state index is 15.3. The van der Waals surface area contributed by atoms with E-state index < -0.39 is 46.7 Å². The number of carbonyl (C=O) groups is 3. The molecule has 1 aromatic carbocycles. The van der Waals surface area contributed by atoms with E-state index in [0.717, 1.165) is 5.56 Å². The van der Waals surface area contributed by atoms with E-state index in [0.29, 0.717) is 23.4 Å². The number of anilines is 1. The van der Waals surface area contributed by atoms with Crippen molar-refractivity contribution in [3.05, 3.63) is 70.0 Å². The van der Waals surface area contributed by atoms with Gasteiger partial charge in [-0.15, -0.1) is 0 Å². The maximum absolute atomic E-state index is 15.3. The molecule has 5 atom stereocenters. The summed E-state index contributed by atoms with van der Waals surface area (Å²) in [6.45, 7) is 3.57. The number of aryl methyl sites for hydroxylation is 1. The molecule has 6 rings (SSSR count). The van der Waals surface area contributed by atoms with Gasteiger partial charge in [0.25, 0.3) is 0 Å². The lowest BCUT2D eigenvalue weighted by Gasteiger charge is -2.53. The Morgan fingerprint density at radius 1 is 1.18 bits per heavy atom. The minimum atomic E-state index is -1.44. The van der Waals surface area contributed by atoms with Crippen molar-refractivity contribution in [2.24, 2.45) is 23.2 Å². The van der Waals surface area contributed by atoms with E-state index in [9.17, 15) is 14.4 Å². The van der Waals surface area contributed by atoms with E-state index in [-0.39, 0.29) is 47.9 Å². The first-order chi connectivity index (χ1) is 19.1. The van der Waals surface area contributed by atoms with E-state index in [1.807, 2.05) is 49.3 Å². The number of hydrogen-bond donors (Lipinski definition) is 1. The summed E-state index contributed by atoms with van der Waals surface area (Å²) in [5.74, 6) is -4.15. The number of benzene rings is 1. The number of nitrogens with zero attached hydrogens (tertiary/aromatic N) is 3. The Hall–Kier alpha value is -3.92. The van der Waals surface area contributed by atoms with Gasteiger partial charge < -0.3 is 15.0 Å². The number of fused-ring (bicyclic) bond motifs is 4. The molecular weight excluding hydrogens is 515 g/mol. The lowest BCUT2D eigenvalue weighted by atomic mass is 9.48. The van der Waals surface area contributed by atoms with Gasteiger partial charge in [0.1, 0.15) is 6.61 Å². The van der Waals surface area contributed by atoms with Crippen LogP contribution < -0.4 is 10.5 Å². The number of nitrogen functional groups attached to an aromatic ring is 1. The van der Waals surface area contributed by atoms with Crippen molar-refractivity contribution in [1.82, 2.24) is 15.0 Å². The third-order valence-electron chi connectivity index (χ3n) is 9.12. The SMILES string of the molecule is CCC12C(=O)c3c(C)noc3C(N(C)C)C1CC1Cc3c(F)nc(N)c(OCc4ccccc4)c3C(=O)C1C2=O. The first-order valence-electron chi connectivity index (χ1n) is 13.5. The van der Waals surface area contributed by atoms with E-state index in [2.05, 4.69) is 10.1 Å². The fourth-order valence-electron chi connectivity index (χ4n) is 7.35. The predicted molar refractivity (Wildman–Crippen MR) is 142 cm³/mol. The van der Waals surface area contributed by atoms with Gasteiger partial charge in [-0.25, -0.2) is 0 Å². The number of ketones is 3. The van der Waals surface area contributed by atoms with Crippen molar-refractivity contribution >= 4 is 23.2 Å². The summed E-state index contributed by atoms with van der Waals surface area (Å²) >= 11 is 0. The Morgan fingerprint density at radius 3 is 2.58 bits per heavy atom. The molecule has 9 nitrogen and oxygen atoms in total. The van der Waals surface area contributed by atoms with Crippen LogP contribution in [-0.2, 0) is 17.8 Å². The molecule has 2 N–H and O–H groups in total. The third kappa shape index (κ3) is 3.51. The zero-order chi connectivity index (χ0) is 28.5. The zero-order valence-electron chi connectivity index (χ0n) is 22.9. The molecule has 2 heterocycles. The van der Waals surface area contributed by atoms with Crippen LogP contribution >= 0.6 is 0 Å². The largest absolute Gasteiger partial charge is 0.484 e. The molecule has 0 amide bonds. The standard InChI is InChI=1S/C30H31FN4O5/c1-5-30-18(22(35(3)4)24-19(26(30)37)14(2)34-40-24)12-16-11-17-21(23(36)20(16)27(30)38)25(29(32)33-28(17)31)39-13-15-9-7-6-8-10-15/h6-10,16,18,20,22H,5,11-13H2,1-4H3,(H2,32,33). The summed E-state index contributed by atoms with van der Waals surface area (Å²) in [7, 11) is 3.73. The van der Waals surface area contributed by atoms with Crippen LogP contribution in [0.2, 0.25) is 0 Å². The number of nitrogens with two attached hydrogens (primary N) is 1. The lowest BCUT2D eigenvalue weighted by molar-refractivity contribution is -0.142. The summed E-state index contributed by atoms with van der Waals surface area (Å²) < 4.78 is 26.9. The van der Waals surface area contributed by atoms with Crippen molar-refractivity contribution < 1.29 is 28.0 Å². The lowest BCUT2D eigenvalue weighted by Crippen LogP contribution is -2.61. The van der Waals surface area contributed by atoms with Crippen LogP contribution in [0.4, 0.5) is 10.2 Å². The minimum absolute atomic E-state index is 0.0255. The number of pyridine rings is 1. The molecule has 3 aromatic rings. The highest BCUT2D eigenvalue weighted by atomic mass is 19.1. The highest BCUT2D eigenvalue weighted by molar-refractivity contribution is 6.24. The second kappa shape index (κ2) is 9.33. The molecule has 0 radical (unpaired) electrons. The minimum Gasteiger partial charge on any atom is -0.484 e. The van der Waals surface area contributed by atoms with E-state index >= 15 is 4.39 Å². The molecule has 0 aliphatic heterocycles. The van der Waals surface area contributed by atoms with E-state index in [4.69, 9.17) is 15.0 Å². The van der Waals surface area contributed by atoms with Gasteiger partial charge in [0.15, 0.2) is 34.7 Å². The number of Topliss-reactive ketones (excluding diaryl/α,β-unsaturated/α-hetero) is 3. The number of aromatic nitrogens is 2. The quantitative estimate of drug-likeness (QED) is 0.371. The average molecular weight is 547 g/mol. The average Bonchev–Trinajstić information content (AvgIpc) is 3.30. The first kappa shape index (κ1) is 26.3. The van der Waals surface area contributed by atoms with Crippen molar-refractivity contribution in [3.8, 4) is 5.75 Å². The Bertz CT molecular complexity index is 1550. The van der Waals surface area contributed by atoms with Crippen LogP contribution in [0, 0.1) is 36.0 Å². The van der Waals surface area contributed by atoms with Crippen molar-refractivity contribution in [3.63, 3.8) is 0 Å². The summed E-state index contributed by atoms with van der Waals surface area (Å²) in [4.78, 5) is 48.7. The molecule has 0 bridgehead atoms. The molecule has 2 aromatic heterocycles. The molecule has 1 saturated carbocycles. The summed E-state index contributed by atoms with van der Waals surface area (Å²) in [6, 6.07) is 8.86. The molecule has 3 aliphatic rings. The predicted octanol–water partition coefficient (Wildman–Crippen LogP) is 4.13. The van der Waals surface area contributed by atoms with Gasteiger partial charge >= 0.3 is 0 Å². The van der Waals surface area contributed by atoms with Crippen LogP contribution in [0.3, 0.4) is 0 Å². The third-order valence-corrected chi connectivity index (χ3v) is 9.12. The van der Waals surface area contributed by atoms with Gasteiger partial charge in [-0.1, -0.05) is 42.4 Å². The fraction of sp³-hybridized carbons (Fsp3) is 0.433. The topological polar surface area (TPSA) is 129 Å². The van der Waals surface area contributed by atoms with Crippen LogP contribution in [0.15, 0.2) is 34.9 Å². The summed E-state index contributed by atoms with van der Waals surface area (Å²) in [5, 5.41) is 4.06. The first-order valence-corrected chi connectivity index (χ1v) is 13.5. The molecule has 0 saturated heterocycles. The fourth-order valence-corrected chi connectivity index (χ4v) is 7.35. The number of hydrogen-bond acceptors (Lipinski definition) is 9. The van der Waals surface area contributed by atoms with Crippen molar-refractivity contribution in [2.45, 2.75) is 45.8 Å². The van der Waals surface area contributed by atoms with Gasteiger partial charge in [-0.05, 0) is 51.8 Å². The monoisotopic (exact) mass is 546 g/mol. The highest BCUT2D eigenvalue weighted by Gasteiger charge is 2.66. The van der Waals surface area contributed by atoms with Gasteiger partial charge in [0.2, 0.25) is 5.95 Å². The Balaban J connectivity index is 1.47. The van der Waals surface area contributed by atoms with Crippen LogP contribution in [0.1, 0.15) is 69.1 Å². The molecular formula is C30H31FN4O5. The molecule has 0 spiro atoms. The van der Waals surface area contributed by atoms with Crippen LogP contribution in [-0.4, -0.2) is 46.5 Å². The molecule has 40 heavy (non-hydrogen) atoms. The number of carbonyl (C=O) groups excluding carboxylic acids is 3. The molecule has 5 unspecified atom stereocenters. The van der Waals surface area contributed by atoms with Gasteiger partial charge in [-0.3, -0.25) is 19.3 Å². The van der Waals surface area contributed by atoms with Gasteiger partial charge in [0.05, 0.1) is 34.2 Å². The second-order valence-electron chi connectivity index (χ2n) is 11.3. The van der Waals surface area contributed by atoms with Gasteiger partial charge in [-0.2, -0.15) is 9.37 Å². The van der Waals surface area contributed by atoms with Crippen LogP contribution in [0.5, 0.6) is 5.75 Å². The van der Waals surface area contributed by atoms with Gasteiger partial charge in [0, 0.05) is 11.5 Å². The number of ether oxygens (including phenoxy) is 1. The summed E-state index contributed by atoms with van der Waals surface area (Å²) in [5.41, 5.74) is 6.25. The van der Waals surface area contributed by atoms with Crippen molar-refractivity contribution in [1.29, 1.82) is 0 Å². The Kier molecular flexibility index (Phi) is 6.14. The Morgan fingerprint density at radius 2 is 1.90 bits per heavy atom. The molecule has 10 heteroatoms. The number of rotatable bonds is 5.